The van der Waals surface area contributed by atoms with Gasteiger partial charge in [0.1, 0.15) is 18.4 Å². The number of nitrogens with zero attached hydrogens (tertiary/aromatic N) is 5. The summed E-state index contributed by atoms with van der Waals surface area (Å²) in [5.41, 5.74) is 7.61. The number of benzene rings is 1. The minimum Gasteiger partial charge on any atom is -0.490 e. The second-order valence-electron chi connectivity index (χ2n) is 7.87. The SMILES string of the molecule is N#Cc1ccc(-n2cc(CCCCN)nn2)cc1OCCN1CCNC1=O.O=C(O)C(F)(F)F.O=C(O)C(F)(F)F. The topological polar surface area (TPSA) is 197 Å². The molecule has 2 heterocycles. The van der Waals surface area contributed by atoms with Crippen molar-refractivity contribution in [3.05, 3.63) is 35.7 Å². The Hall–Kier alpha value is -4.60. The Morgan fingerprint density at radius 3 is 2.22 bits per heavy atom. The van der Waals surface area contributed by atoms with Crippen molar-refractivity contribution in [3.63, 3.8) is 0 Å². The predicted molar refractivity (Wildman–Crippen MR) is 126 cm³/mol. The Labute approximate surface area is 228 Å². The number of nitriles is 1. The van der Waals surface area contributed by atoms with Gasteiger partial charge in [-0.3, -0.25) is 0 Å². The number of nitrogens with two attached hydrogens (primary N) is 1. The van der Waals surface area contributed by atoms with Gasteiger partial charge in [0, 0.05) is 19.2 Å². The summed E-state index contributed by atoms with van der Waals surface area (Å²) in [5, 5.41) is 34.6. The van der Waals surface area contributed by atoms with Gasteiger partial charge in [0.05, 0.1) is 29.7 Å². The Balaban J connectivity index is 0.000000497. The molecular weight excluding hydrogens is 572 g/mol. The third kappa shape index (κ3) is 12.4. The van der Waals surface area contributed by atoms with E-state index in [9.17, 15) is 36.4 Å². The van der Waals surface area contributed by atoms with Crippen LogP contribution in [0.5, 0.6) is 5.75 Å². The molecule has 0 spiro atoms. The number of unbranched alkanes of at least 4 members (excludes halogenated alkanes) is 1. The van der Waals surface area contributed by atoms with Gasteiger partial charge in [0.2, 0.25) is 0 Å². The second kappa shape index (κ2) is 15.9. The molecule has 0 bridgehead atoms. The third-order valence-corrected chi connectivity index (χ3v) is 4.83. The van der Waals surface area contributed by atoms with Gasteiger partial charge in [-0.1, -0.05) is 5.21 Å². The van der Waals surface area contributed by atoms with Crippen molar-refractivity contribution in [2.24, 2.45) is 5.73 Å². The van der Waals surface area contributed by atoms with Gasteiger partial charge in [-0.05, 0) is 37.9 Å². The maximum Gasteiger partial charge on any atom is 0.490 e. The molecule has 0 saturated carbocycles. The lowest BCUT2D eigenvalue weighted by atomic mass is 10.2. The number of nitrogens with one attached hydrogen (secondary N) is 1. The van der Waals surface area contributed by atoms with Crippen LogP contribution in [-0.2, 0) is 16.0 Å². The molecule has 1 aromatic carbocycles. The van der Waals surface area contributed by atoms with Crippen LogP contribution in [0.15, 0.2) is 24.4 Å². The van der Waals surface area contributed by atoms with E-state index < -0.39 is 24.3 Å². The highest BCUT2D eigenvalue weighted by atomic mass is 19.4. The van der Waals surface area contributed by atoms with E-state index >= 15 is 0 Å². The van der Waals surface area contributed by atoms with Crippen molar-refractivity contribution in [1.29, 1.82) is 5.26 Å². The van der Waals surface area contributed by atoms with Crippen molar-refractivity contribution in [2.75, 3.05) is 32.8 Å². The van der Waals surface area contributed by atoms with Gasteiger partial charge in [-0.2, -0.15) is 31.6 Å². The monoisotopic (exact) mass is 597 g/mol. The summed E-state index contributed by atoms with van der Waals surface area (Å²) in [6, 6.07) is 7.31. The maximum absolute atomic E-state index is 11.6. The number of ether oxygens (including phenoxy) is 1. The van der Waals surface area contributed by atoms with E-state index in [1.165, 1.54) is 0 Å². The Kier molecular flexibility index (Phi) is 13.3. The number of urea groups is 1. The standard InChI is InChI=1S/C18H23N7O2.2C2HF3O2/c19-6-2-1-3-15-13-25(23-22-15)16-5-4-14(12-20)17(11-16)27-10-9-24-8-7-21-18(24)26;2*3-2(4,5)1(6)7/h4-5,11,13H,1-3,6-10,19H2,(H,21,26);2*(H,6,7). The Morgan fingerprint density at radius 2 is 1.73 bits per heavy atom. The third-order valence-electron chi connectivity index (χ3n) is 4.83. The maximum atomic E-state index is 11.6. The van der Waals surface area contributed by atoms with Gasteiger partial charge in [-0.15, -0.1) is 5.10 Å². The molecule has 2 aromatic rings. The number of aryl methyl sites for hydroxylation is 1. The molecule has 1 fully saturated rings. The van der Waals surface area contributed by atoms with E-state index in [2.05, 4.69) is 21.7 Å². The zero-order valence-corrected chi connectivity index (χ0v) is 21.1. The quantitative estimate of drug-likeness (QED) is 0.245. The molecule has 2 amide bonds. The van der Waals surface area contributed by atoms with Gasteiger partial charge in [0.15, 0.2) is 0 Å². The Morgan fingerprint density at radius 1 is 1.12 bits per heavy atom. The lowest BCUT2D eigenvalue weighted by Gasteiger charge is -2.15. The minimum absolute atomic E-state index is 0.0855. The van der Waals surface area contributed by atoms with E-state index in [1.807, 2.05) is 6.20 Å². The van der Waals surface area contributed by atoms with Gasteiger partial charge < -0.3 is 30.9 Å². The van der Waals surface area contributed by atoms with Crippen LogP contribution in [-0.4, -0.2) is 93.2 Å². The largest absolute Gasteiger partial charge is 0.490 e. The average molecular weight is 597 g/mol. The molecule has 226 valence electrons. The van der Waals surface area contributed by atoms with Crippen molar-refractivity contribution < 1.29 is 55.7 Å². The van der Waals surface area contributed by atoms with Crippen LogP contribution in [0, 0.1) is 11.3 Å². The van der Waals surface area contributed by atoms with Crippen LogP contribution in [0.3, 0.4) is 0 Å². The van der Waals surface area contributed by atoms with E-state index in [1.54, 1.807) is 27.8 Å². The van der Waals surface area contributed by atoms with Crippen LogP contribution in [0.2, 0.25) is 0 Å². The fraction of sp³-hybridized carbons (Fsp3) is 0.455. The normalized spacial score (nSPS) is 12.7. The molecule has 3 rings (SSSR count). The number of alkyl halides is 6. The molecule has 1 aliphatic rings. The van der Waals surface area contributed by atoms with Gasteiger partial charge in [0.25, 0.3) is 0 Å². The number of aliphatic carboxylic acids is 2. The van der Waals surface area contributed by atoms with Crippen LogP contribution in [0.4, 0.5) is 31.1 Å². The first-order valence-electron chi connectivity index (χ1n) is 11.5. The van der Waals surface area contributed by atoms with E-state index in [0.717, 1.165) is 30.6 Å². The van der Waals surface area contributed by atoms with Gasteiger partial charge >= 0.3 is 30.3 Å². The number of carbonyl (C=O) groups excluding carboxylic acids is 1. The number of halogens is 6. The molecule has 0 unspecified atom stereocenters. The molecule has 1 aromatic heterocycles. The molecule has 19 heteroatoms. The number of carbonyl (C=O) groups is 3. The summed E-state index contributed by atoms with van der Waals surface area (Å²) in [4.78, 5) is 31.0. The number of aromatic nitrogens is 3. The molecule has 41 heavy (non-hydrogen) atoms. The molecule has 0 radical (unpaired) electrons. The highest BCUT2D eigenvalue weighted by molar-refractivity contribution is 5.76. The molecule has 13 nitrogen and oxygen atoms in total. The minimum atomic E-state index is -5.08. The first-order chi connectivity index (χ1) is 19.1. The van der Waals surface area contributed by atoms with Gasteiger partial charge in [-0.25, -0.2) is 19.1 Å². The van der Waals surface area contributed by atoms with Crippen molar-refractivity contribution in [1.82, 2.24) is 25.2 Å². The van der Waals surface area contributed by atoms with E-state index in [0.29, 0.717) is 44.1 Å². The lowest BCUT2D eigenvalue weighted by Crippen LogP contribution is -2.31. The fourth-order valence-electron chi connectivity index (χ4n) is 2.85. The zero-order valence-electron chi connectivity index (χ0n) is 21.1. The van der Waals surface area contributed by atoms with Crippen molar-refractivity contribution in [2.45, 2.75) is 31.6 Å². The summed E-state index contributed by atoms with van der Waals surface area (Å²) >= 11 is 0. The summed E-state index contributed by atoms with van der Waals surface area (Å²) in [6.07, 6.45) is -5.54. The molecule has 0 atom stereocenters. The number of carboxylic acid groups (broad SMARTS) is 2. The summed E-state index contributed by atoms with van der Waals surface area (Å²) in [5.74, 6) is -5.05. The van der Waals surface area contributed by atoms with Crippen LogP contribution >= 0.6 is 0 Å². The molecule has 1 aliphatic heterocycles. The fourth-order valence-corrected chi connectivity index (χ4v) is 2.85. The highest BCUT2D eigenvalue weighted by Gasteiger charge is 2.38. The number of hydrogen-bond acceptors (Lipinski definition) is 8. The summed E-state index contributed by atoms with van der Waals surface area (Å²) in [6.45, 7) is 2.77. The van der Waals surface area contributed by atoms with E-state index in [-0.39, 0.29) is 6.03 Å². The second-order valence-corrected chi connectivity index (χ2v) is 7.87. The predicted octanol–water partition coefficient (Wildman–Crippen LogP) is 2.09. The summed E-state index contributed by atoms with van der Waals surface area (Å²) in [7, 11) is 0. The molecule has 5 N–H and O–H groups in total. The zero-order chi connectivity index (χ0) is 31.2. The molecule has 1 saturated heterocycles. The van der Waals surface area contributed by atoms with Crippen molar-refractivity contribution in [3.8, 4) is 17.5 Å². The molecule has 0 aliphatic carbocycles. The average Bonchev–Trinajstić information content (AvgIpc) is 3.53. The first kappa shape index (κ1) is 34.4. The van der Waals surface area contributed by atoms with Crippen LogP contribution in [0.25, 0.3) is 5.69 Å². The summed E-state index contributed by atoms with van der Waals surface area (Å²) < 4.78 is 70.9. The number of rotatable bonds is 9. The molecular formula is C22H25F6N7O6. The number of hydrogen-bond donors (Lipinski definition) is 4. The lowest BCUT2D eigenvalue weighted by molar-refractivity contribution is -0.193. The van der Waals surface area contributed by atoms with Crippen molar-refractivity contribution >= 4 is 18.0 Å². The smallest absolute Gasteiger partial charge is 0.490 e. The van der Waals surface area contributed by atoms with Crippen LogP contribution in [0.1, 0.15) is 24.1 Å². The number of amides is 2. The van der Waals surface area contributed by atoms with E-state index in [4.69, 9.17) is 30.3 Å². The highest BCUT2D eigenvalue weighted by Crippen LogP contribution is 2.22. The first-order valence-corrected chi connectivity index (χ1v) is 11.5. The number of carboxylic acids is 2. The van der Waals surface area contributed by atoms with Crippen LogP contribution < -0.4 is 15.8 Å². The Bertz CT molecular complexity index is 1190.